The maximum absolute atomic E-state index is 10.1. The van der Waals surface area contributed by atoms with Crippen molar-refractivity contribution in [2.24, 2.45) is 7.05 Å². The Hall–Kier alpha value is -1.23. The molecule has 3 N–H and O–H groups in total. The molecule has 0 aliphatic heterocycles. The number of halogens is 2. The number of benzene rings is 1. The minimum absolute atomic E-state index is 0.410. The summed E-state index contributed by atoms with van der Waals surface area (Å²) in [7, 11) is 1.73. The van der Waals surface area contributed by atoms with Crippen LogP contribution in [0.5, 0.6) is 0 Å². The number of aliphatic hydroxyl groups is 1. The second-order valence-corrected chi connectivity index (χ2v) is 4.89. The van der Waals surface area contributed by atoms with E-state index in [1.165, 1.54) is 4.68 Å². The summed E-state index contributed by atoms with van der Waals surface area (Å²) in [6.45, 7) is 0. The number of aliphatic hydroxyl groups excluding tert-OH is 1. The summed E-state index contributed by atoms with van der Waals surface area (Å²) >= 11 is 11.8. The first-order valence-electron chi connectivity index (χ1n) is 5.38. The SMILES string of the molecule is Cn1ncc(C(O)Cc2ccc(Cl)c(Cl)c2)c1N. The van der Waals surface area contributed by atoms with Crippen LogP contribution in [0.3, 0.4) is 0 Å². The highest BCUT2D eigenvalue weighted by Crippen LogP contribution is 2.27. The number of anilines is 1. The number of aromatic nitrogens is 2. The molecule has 4 nitrogen and oxygen atoms in total. The van der Waals surface area contributed by atoms with Gasteiger partial charge in [-0.25, -0.2) is 0 Å². The molecule has 1 aromatic carbocycles. The lowest BCUT2D eigenvalue weighted by Gasteiger charge is -2.10. The second kappa shape index (κ2) is 5.18. The zero-order valence-electron chi connectivity index (χ0n) is 9.77. The van der Waals surface area contributed by atoms with E-state index in [1.54, 1.807) is 25.4 Å². The van der Waals surface area contributed by atoms with Gasteiger partial charge in [0, 0.05) is 19.0 Å². The van der Waals surface area contributed by atoms with Crippen LogP contribution in [0.2, 0.25) is 10.0 Å². The van der Waals surface area contributed by atoms with Gasteiger partial charge in [0.25, 0.3) is 0 Å². The summed E-state index contributed by atoms with van der Waals surface area (Å²) in [5.74, 6) is 0.461. The van der Waals surface area contributed by atoms with E-state index in [0.29, 0.717) is 27.8 Å². The van der Waals surface area contributed by atoms with Gasteiger partial charge >= 0.3 is 0 Å². The number of nitrogens with two attached hydrogens (primary N) is 1. The molecule has 1 heterocycles. The van der Waals surface area contributed by atoms with Crippen molar-refractivity contribution in [3.8, 4) is 0 Å². The standard InChI is InChI=1S/C12H13Cl2N3O/c1-17-12(15)8(6-16-17)11(18)5-7-2-3-9(13)10(14)4-7/h2-4,6,11,18H,5,15H2,1H3. The van der Waals surface area contributed by atoms with Gasteiger partial charge in [0.1, 0.15) is 5.82 Å². The van der Waals surface area contributed by atoms with Crippen LogP contribution in [-0.4, -0.2) is 14.9 Å². The van der Waals surface area contributed by atoms with Gasteiger partial charge in [-0.15, -0.1) is 0 Å². The fraction of sp³-hybridized carbons (Fsp3) is 0.250. The number of nitrogen functional groups attached to an aromatic ring is 1. The van der Waals surface area contributed by atoms with Crippen LogP contribution < -0.4 is 5.73 Å². The third-order valence-corrected chi connectivity index (χ3v) is 3.53. The molecule has 1 unspecified atom stereocenters. The Labute approximate surface area is 115 Å². The number of aryl methyl sites for hydroxylation is 1. The summed E-state index contributed by atoms with van der Waals surface area (Å²) < 4.78 is 1.52. The highest BCUT2D eigenvalue weighted by molar-refractivity contribution is 6.42. The molecule has 0 aliphatic rings. The Bertz CT molecular complexity index is 568. The molecule has 6 heteroatoms. The van der Waals surface area contributed by atoms with Gasteiger partial charge in [-0.2, -0.15) is 5.10 Å². The van der Waals surface area contributed by atoms with Crippen LogP contribution >= 0.6 is 23.2 Å². The van der Waals surface area contributed by atoms with Crippen molar-refractivity contribution in [2.75, 3.05) is 5.73 Å². The van der Waals surface area contributed by atoms with E-state index in [2.05, 4.69) is 5.10 Å². The molecule has 0 saturated carbocycles. The highest BCUT2D eigenvalue weighted by atomic mass is 35.5. The molecule has 18 heavy (non-hydrogen) atoms. The normalized spacial score (nSPS) is 12.7. The maximum Gasteiger partial charge on any atom is 0.127 e. The highest BCUT2D eigenvalue weighted by Gasteiger charge is 2.15. The van der Waals surface area contributed by atoms with Crippen molar-refractivity contribution in [2.45, 2.75) is 12.5 Å². The fourth-order valence-electron chi connectivity index (χ4n) is 1.72. The average Bonchev–Trinajstić information content (AvgIpc) is 2.65. The summed E-state index contributed by atoms with van der Waals surface area (Å²) in [6.07, 6.45) is 1.26. The predicted molar refractivity (Wildman–Crippen MR) is 72.7 cm³/mol. The van der Waals surface area contributed by atoms with Gasteiger partial charge in [-0.1, -0.05) is 29.3 Å². The summed E-state index contributed by atoms with van der Waals surface area (Å²) in [4.78, 5) is 0. The van der Waals surface area contributed by atoms with E-state index < -0.39 is 6.10 Å². The van der Waals surface area contributed by atoms with Crippen LogP contribution in [0.1, 0.15) is 17.2 Å². The molecule has 0 spiro atoms. The quantitative estimate of drug-likeness (QED) is 0.911. The zero-order valence-corrected chi connectivity index (χ0v) is 11.3. The van der Waals surface area contributed by atoms with Gasteiger partial charge in [0.15, 0.2) is 0 Å². The minimum Gasteiger partial charge on any atom is -0.388 e. The van der Waals surface area contributed by atoms with Crippen LogP contribution in [-0.2, 0) is 13.5 Å². The first-order valence-corrected chi connectivity index (χ1v) is 6.14. The Morgan fingerprint density at radius 2 is 2.11 bits per heavy atom. The zero-order chi connectivity index (χ0) is 13.3. The average molecular weight is 286 g/mol. The Balaban J connectivity index is 2.18. The van der Waals surface area contributed by atoms with Crippen LogP contribution in [0.25, 0.3) is 0 Å². The smallest absolute Gasteiger partial charge is 0.127 e. The van der Waals surface area contributed by atoms with Gasteiger partial charge < -0.3 is 10.8 Å². The largest absolute Gasteiger partial charge is 0.388 e. The third-order valence-electron chi connectivity index (χ3n) is 2.79. The number of nitrogens with zero attached hydrogens (tertiary/aromatic N) is 2. The Kier molecular flexibility index (Phi) is 3.80. The lowest BCUT2D eigenvalue weighted by atomic mass is 10.0. The molecule has 2 aromatic rings. The molecule has 96 valence electrons. The van der Waals surface area contributed by atoms with Gasteiger partial charge in [0.2, 0.25) is 0 Å². The Morgan fingerprint density at radius 3 is 2.67 bits per heavy atom. The summed E-state index contributed by atoms with van der Waals surface area (Å²) in [5.41, 5.74) is 7.31. The summed E-state index contributed by atoms with van der Waals surface area (Å²) in [6, 6.07) is 5.27. The van der Waals surface area contributed by atoms with E-state index in [9.17, 15) is 5.11 Å². The molecule has 0 radical (unpaired) electrons. The van der Waals surface area contributed by atoms with Crippen molar-refractivity contribution >= 4 is 29.0 Å². The number of hydrogen-bond acceptors (Lipinski definition) is 3. The molecule has 2 rings (SSSR count). The Morgan fingerprint density at radius 1 is 1.39 bits per heavy atom. The lowest BCUT2D eigenvalue weighted by Crippen LogP contribution is -2.06. The summed E-state index contributed by atoms with van der Waals surface area (Å²) in [5, 5.41) is 15.1. The van der Waals surface area contributed by atoms with Crippen molar-refractivity contribution in [3.05, 3.63) is 45.6 Å². The first kappa shape index (κ1) is 13.2. The molecule has 0 bridgehead atoms. The second-order valence-electron chi connectivity index (χ2n) is 4.08. The van der Waals surface area contributed by atoms with Crippen molar-refractivity contribution in [1.82, 2.24) is 9.78 Å². The van der Waals surface area contributed by atoms with E-state index in [0.717, 1.165) is 5.56 Å². The van der Waals surface area contributed by atoms with Crippen molar-refractivity contribution in [1.29, 1.82) is 0 Å². The fourth-order valence-corrected chi connectivity index (χ4v) is 2.04. The monoisotopic (exact) mass is 285 g/mol. The van der Waals surface area contributed by atoms with Crippen molar-refractivity contribution in [3.63, 3.8) is 0 Å². The minimum atomic E-state index is -0.712. The van der Waals surface area contributed by atoms with Gasteiger partial charge in [-0.3, -0.25) is 4.68 Å². The van der Waals surface area contributed by atoms with E-state index in [1.807, 2.05) is 6.07 Å². The van der Waals surface area contributed by atoms with Crippen molar-refractivity contribution < 1.29 is 5.11 Å². The van der Waals surface area contributed by atoms with Gasteiger partial charge in [0.05, 0.1) is 22.3 Å². The topological polar surface area (TPSA) is 64.1 Å². The van der Waals surface area contributed by atoms with Crippen LogP contribution in [0.15, 0.2) is 24.4 Å². The van der Waals surface area contributed by atoms with E-state index in [4.69, 9.17) is 28.9 Å². The molecule has 1 aromatic heterocycles. The molecule has 0 amide bonds. The first-order chi connectivity index (χ1) is 8.49. The predicted octanol–water partition coefficient (Wildman–Crippen LogP) is 2.59. The molecule has 1 atom stereocenters. The molecule has 0 fully saturated rings. The lowest BCUT2D eigenvalue weighted by molar-refractivity contribution is 0.179. The van der Waals surface area contributed by atoms with Crippen LogP contribution in [0, 0.1) is 0 Å². The van der Waals surface area contributed by atoms with Crippen LogP contribution in [0.4, 0.5) is 5.82 Å². The molecule has 0 aliphatic carbocycles. The third kappa shape index (κ3) is 2.61. The number of hydrogen-bond donors (Lipinski definition) is 2. The maximum atomic E-state index is 10.1. The number of rotatable bonds is 3. The molecular formula is C12H13Cl2N3O. The molecule has 0 saturated heterocycles. The van der Waals surface area contributed by atoms with E-state index in [-0.39, 0.29) is 0 Å². The molecular weight excluding hydrogens is 273 g/mol. The van der Waals surface area contributed by atoms with E-state index >= 15 is 0 Å². The van der Waals surface area contributed by atoms with Gasteiger partial charge in [-0.05, 0) is 17.7 Å².